The average molecular weight is 325 g/mol. The van der Waals surface area contributed by atoms with Crippen molar-refractivity contribution < 1.29 is 9.47 Å². The molecule has 1 aromatic heterocycles. The first kappa shape index (κ1) is 13.5. The fraction of sp³-hybridized carbons (Fsp3) is 0.250. The van der Waals surface area contributed by atoms with Crippen molar-refractivity contribution in [1.29, 1.82) is 0 Å². The highest BCUT2D eigenvalue weighted by molar-refractivity contribution is 9.10. The molecule has 7 heteroatoms. The van der Waals surface area contributed by atoms with Crippen molar-refractivity contribution in [3.8, 4) is 17.8 Å². The topological polar surface area (TPSA) is 83.2 Å². The molecule has 2 rings (SSSR count). The summed E-state index contributed by atoms with van der Waals surface area (Å²) in [7, 11) is 0. The Morgan fingerprint density at radius 3 is 2.63 bits per heavy atom. The van der Waals surface area contributed by atoms with Gasteiger partial charge >= 0.3 is 12.0 Å². The zero-order chi connectivity index (χ0) is 13.8. The highest BCUT2D eigenvalue weighted by atomic mass is 79.9. The van der Waals surface area contributed by atoms with Crippen LogP contribution >= 0.6 is 15.9 Å². The molecule has 1 aromatic carbocycles. The number of aryl methyl sites for hydroxylation is 1. The van der Waals surface area contributed by atoms with Crippen molar-refractivity contribution in [3.63, 3.8) is 0 Å². The van der Waals surface area contributed by atoms with Gasteiger partial charge in [-0.15, -0.1) is 4.98 Å². The molecule has 100 valence electrons. The van der Waals surface area contributed by atoms with E-state index in [-0.39, 0.29) is 18.0 Å². The third-order valence-corrected chi connectivity index (χ3v) is 2.72. The van der Waals surface area contributed by atoms with Gasteiger partial charge in [0.05, 0.1) is 6.61 Å². The minimum Gasteiger partial charge on any atom is -0.464 e. The van der Waals surface area contributed by atoms with E-state index in [1.54, 1.807) is 0 Å². The number of rotatable bonds is 4. The van der Waals surface area contributed by atoms with Gasteiger partial charge in [-0.1, -0.05) is 15.9 Å². The molecule has 0 amide bonds. The Hall–Kier alpha value is -1.89. The maximum Gasteiger partial charge on any atom is 0.330 e. The molecule has 0 atom stereocenters. The molecular formula is C12H13BrN4O2. The van der Waals surface area contributed by atoms with Crippen LogP contribution in [0.5, 0.6) is 17.8 Å². The number of nitrogens with two attached hydrogens (primary N) is 1. The first-order valence-corrected chi connectivity index (χ1v) is 6.46. The lowest BCUT2D eigenvalue weighted by atomic mass is 10.2. The van der Waals surface area contributed by atoms with E-state index in [4.69, 9.17) is 15.2 Å². The molecule has 1 heterocycles. The molecule has 0 aliphatic carbocycles. The van der Waals surface area contributed by atoms with Crippen LogP contribution in [0.25, 0.3) is 0 Å². The number of nitrogen functional groups attached to an aromatic ring is 1. The molecule has 2 N–H and O–H groups in total. The number of halogens is 1. The van der Waals surface area contributed by atoms with Crippen molar-refractivity contribution >= 4 is 21.9 Å². The Bertz CT molecular complexity index is 592. The summed E-state index contributed by atoms with van der Waals surface area (Å²) in [5.41, 5.74) is 6.53. The van der Waals surface area contributed by atoms with Gasteiger partial charge < -0.3 is 15.2 Å². The van der Waals surface area contributed by atoms with Gasteiger partial charge in [0.15, 0.2) is 0 Å². The monoisotopic (exact) mass is 324 g/mol. The minimum absolute atomic E-state index is 0.0585. The first-order valence-electron chi connectivity index (χ1n) is 5.67. The third-order valence-electron chi connectivity index (χ3n) is 2.22. The molecule has 0 aliphatic heterocycles. The van der Waals surface area contributed by atoms with Crippen molar-refractivity contribution in [2.75, 3.05) is 12.3 Å². The number of hydrogen-bond acceptors (Lipinski definition) is 6. The van der Waals surface area contributed by atoms with Crippen molar-refractivity contribution in [2.24, 2.45) is 0 Å². The molecule has 0 radical (unpaired) electrons. The van der Waals surface area contributed by atoms with Gasteiger partial charge in [0.1, 0.15) is 5.75 Å². The van der Waals surface area contributed by atoms with Crippen LogP contribution in [0.3, 0.4) is 0 Å². The van der Waals surface area contributed by atoms with E-state index in [1.807, 2.05) is 32.0 Å². The number of aromatic nitrogens is 3. The van der Waals surface area contributed by atoms with Gasteiger partial charge in [0.25, 0.3) is 0 Å². The maximum atomic E-state index is 5.59. The van der Waals surface area contributed by atoms with E-state index in [0.29, 0.717) is 12.4 Å². The first-order chi connectivity index (χ1) is 9.08. The predicted octanol–water partition coefficient (Wildman–Crippen LogP) is 2.72. The van der Waals surface area contributed by atoms with Crippen molar-refractivity contribution in [2.45, 2.75) is 13.8 Å². The predicted molar refractivity (Wildman–Crippen MR) is 74.4 cm³/mol. The summed E-state index contributed by atoms with van der Waals surface area (Å²) in [6.07, 6.45) is 0. The molecule has 19 heavy (non-hydrogen) atoms. The Labute approximate surface area is 119 Å². The number of anilines is 1. The van der Waals surface area contributed by atoms with Gasteiger partial charge in [0, 0.05) is 4.47 Å². The Morgan fingerprint density at radius 2 is 1.95 bits per heavy atom. The minimum atomic E-state index is 0.0585. The van der Waals surface area contributed by atoms with E-state index in [9.17, 15) is 0 Å². The van der Waals surface area contributed by atoms with Gasteiger partial charge in [-0.3, -0.25) is 0 Å². The number of nitrogens with zero attached hydrogens (tertiary/aromatic N) is 3. The average Bonchev–Trinajstić information content (AvgIpc) is 2.32. The summed E-state index contributed by atoms with van der Waals surface area (Å²) in [6, 6.07) is 5.89. The second-order valence-corrected chi connectivity index (χ2v) is 4.62. The lowest BCUT2D eigenvalue weighted by Gasteiger charge is -2.08. The van der Waals surface area contributed by atoms with Crippen molar-refractivity contribution in [3.05, 3.63) is 28.2 Å². The van der Waals surface area contributed by atoms with Crippen molar-refractivity contribution in [1.82, 2.24) is 15.0 Å². The molecule has 0 saturated heterocycles. The van der Waals surface area contributed by atoms with Crippen LogP contribution in [0.15, 0.2) is 22.7 Å². The van der Waals surface area contributed by atoms with Crippen LogP contribution in [0.2, 0.25) is 0 Å². The summed E-state index contributed by atoms with van der Waals surface area (Å²) in [5.74, 6) is 0.708. The van der Waals surface area contributed by atoms with Gasteiger partial charge in [-0.2, -0.15) is 9.97 Å². The normalized spacial score (nSPS) is 10.3. The van der Waals surface area contributed by atoms with Gasteiger partial charge in [0.2, 0.25) is 5.95 Å². The molecular weight excluding hydrogens is 312 g/mol. The quantitative estimate of drug-likeness (QED) is 0.930. The molecule has 0 saturated carbocycles. The summed E-state index contributed by atoms with van der Waals surface area (Å²) in [6.45, 7) is 4.20. The SMILES string of the molecule is CCOc1nc(N)nc(Oc2ccc(Br)cc2C)n1. The Balaban J connectivity index is 2.27. The van der Waals surface area contributed by atoms with Crippen LogP contribution < -0.4 is 15.2 Å². The largest absolute Gasteiger partial charge is 0.464 e. The Morgan fingerprint density at radius 1 is 1.21 bits per heavy atom. The Kier molecular flexibility index (Phi) is 4.16. The second-order valence-electron chi connectivity index (χ2n) is 3.70. The van der Waals surface area contributed by atoms with E-state index in [0.717, 1.165) is 10.0 Å². The summed E-state index contributed by atoms with van der Waals surface area (Å²) in [5, 5.41) is 0. The lowest BCUT2D eigenvalue weighted by molar-refractivity contribution is 0.304. The summed E-state index contributed by atoms with van der Waals surface area (Å²) >= 11 is 3.39. The molecule has 0 unspecified atom stereocenters. The highest BCUT2D eigenvalue weighted by Crippen LogP contribution is 2.26. The van der Waals surface area contributed by atoms with Gasteiger partial charge in [-0.05, 0) is 37.6 Å². The maximum absolute atomic E-state index is 5.59. The molecule has 0 aliphatic rings. The molecule has 0 spiro atoms. The second kappa shape index (κ2) is 5.83. The smallest absolute Gasteiger partial charge is 0.330 e. The van der Waals surface area contributed by atoms with E-state index in [1.165, 1.54) is 0 Å². The van der Waals surface area contributed by atoms with E-state index >= 15 is 0 Å². The number of hydrogen-bond donors (Lipinski definition) is 1. The molecule has 6 nitrogen and oxygen atoms in total. The highest BCUT2D eigenvalue weighted by Gasteiger charge is 2.09. The lowest BCUT2D eigenvalue weighted by Crippen LogP contribution is -2.05. The van der Waals surface area contributed by atoms with Crippen LogP contribution in [-0.2, 0) is 0 Å². The number of benzene rings is 1. The van der Waals surface area contributed by atoms with Crippen LogP contribution in [-0.4, -0.2) is 21.6 Å². The molecule has 2 aromatic rings. The van der Waals surface area contributed by atoms with E-state index in [2.05, 4.69) is 30.9 Å². The zero-order valence-corrected chi connectivity index (χ0v) is 12.1. The molecule has 0 bridgehead atoms. The van der Waals surface area contributed by atoms with Crippen LogP contribution in [0.1, 0.15) is 12.5 Å². The van der Waals surface area contributed by atoms with E-state index < -0.39 is 0 Å². The molecule has 0 fully saturated rings. The van der Waals surface area contributed by atoms with Gasteiger partial charge in [-0.25, -0.2) is 0 Å². The fourth-order valence-electron chi connectivity index (χ4n) is 1.42. The summed E-state index contributed by atoms with van der Waals surface area (Å²) < 4.78 is 11.7. The zero-order valence-electron chi connectivity index (χ0n) is 10.6. The third kappa shape index (κ3) is 3.54. The standard InChI is InChI=1S/C12H13BrN4O2/c1-3-18-11-15-10(14)16-12(17-11)19-9-5-4-8(13)6-7(9)2/h4-6H,3H2,1-2H3,(H2,14,15,16,17). The van der Waals surface area contributed by atoms with Crippen LogP contribution in [0.4, 0.5) is 5.95 Å². The fourth-order valence-corrected chi connectivity index (χ4v) is 1.89. The van der Waals surface area contributed by atoms with Crippen LogP contribution in [0, 0.1) is 6.92 Å². The summed E-state index contributed by atoms with van der Waals surface area (Å²) in [4.78, 5) is 11.8. The number of ether oxygens (including phenoxy) is 2.